The number of carbonyl (C=O) groups is 1. The molecule has 0 aliphatic carbocycles. The molecule has 1 N–H and O–H groups in total. The van der Waals surface area contributed by atoms with Gasteiger partial charge in [-0.15, -0.1) is 0 Å². The molecule has 1 aliphatic rings. The number of hydrogen-bond acceptors (Lipinski definition) is 6. The van der Waals surface area contributed by atoms with E-state index in [1.54, 1.807) is 4.52 Å². The Balaban J connectivity index is 1.78. The average molecular weight is 277 g/mol. The lowest BCUT2D eigenvalue weighted by Crippen LogP contribution is -2.62. The molecule has 20 heavy (non-hydrogen) atoms. The largest absolute Gasteiger partial charge is 0.480 e. The second kappa shape index (κ2) is 4.41. The van der Waals surface area contributed by atoms with Crippen LogP contribution in [0.3, 0.4) is 0 Å². The molecule has 0 amide bonds. The predicted octanol–water partition coefficient (Wildman–Crippen LogP) is 0.113. The summed E-state index contributed by atoms with van der Waals surface area (Å²) in [5.41, 5.74) is 0.420. The normalized spacial score (nSPS) is 17.2. The van der Waals surface area contributed by atoms with Gasteiger partial charge >= 0.3 is 5.97 Å². The van der Waals surface area contributed by atoms with Crippen LogP contribution in [-0.2, 0) is 9.53 Å². The molecule has 1 aliphatic heterocycles. The summed E-state index contributed by atoms with van der Waals surface area (Å²) in [5, 5.41) is 12.8. The number of fused-ring (bicyclic) bond motifs is 1. The van der Waals surface area contributed by atoms with E-state index in [0.29, 0.717) is 18.9 Å². The fourth-order valence-corrected chi connectivity index (χ4v) is 2.39. The Morgan fingerprint density at radius 3 is 3.00 bits per heavy atom. The molecule has 0 spiro atoms. The Morgan fingerprint density at radius 1 is 1.55 bits per heavy atom. The number of aryl methyl sites for hydroxylation is 1. The molecule has 3 rings (SSSR count). The van der Waals surface area contributed by atoms with Gasteiger partial charge in [0.05, 0.1) is 0 Å². The van der Waals surface area contributed by atoms with E-state index < -0.39 is 11.6 Å². The lowest BCUT2D eigenvalue weighted by molar-refractivity contribution is -0.150. The SMILES string of the molecule is Cc1cc(N2CC(C)(OCC(=O)O)C2)n2ncnc2n1. The van der Waals surface area contributed by atoms with E-state index in [0.717, 1.165) is 11.5 Å². The Bertz CT molecular complexity index is 662. The zero-order valence-electron chi connectivity index (χ0n) is 11.3. The molecule has 2 aromatic rings. The van der Waals surface area contributed by atoms with Crippen molar-refractivity contribution in [2.45, 2.75) is 19.4 Å². The molecule has 0 radical (unpaired) electrons. The summed E-state index contributed by atoms with van der Waals surface area (Å²) in [6.07, 6.45) is 1.46. The van der Waals surface area contributed by atoms with Gasteiger partial charge in [0, 0.05) is 24.8 Å². The third-order valence-corrected chi connectivity index (χ3v) is 3.28. The Hall–Kier alpha value is -2.22. The number of carboxylic acid groups (broad SMARTS) is 1. The lowest BCUT2D eigenvalue weighted by atomic mass is 9.96. The van der Waals surface area contributed by atoms with Crippen LogP contribution in [0.2, 0.25) is 0 Å². The number of hydrogen-bond donors (Lipinski definition) is 1. The molecular weight excluding hydrogens is 262 g/mol. The predicted molar refractivity (Wildman–Crippen MR) is 69.7 cm³/mol. The number of nitrogens with zero attached hydrogens (tertiary/aromatic N) is 5. The number of carboxylic acids is 1. The summed E-state index contributed by atoms with van der Waals surface area (Å²) >= 11 is 0. The van der Waals surface area contributed by atoms with Gasteiger partial charge in [-0.2, -0.15) is 14.6 Å². The van der Waals surface area contributed by atoms with Crippen LogP contribution < -0.4 is 4.90 Å². The molecule has 1 fully saturated rings. The molecule has 106 valence electrons. The van der Waals surface area contributed by atoms with Gasteiger partial charge < -0.3 is 14.7 Å². The van der Waals surface area contributed by atoms with Crippen molar-refractivity contribution in [3.05, 3.63) is 18.1 Å². The third kappa shape index (κ3) is 2.18. The zero-order chi connectivity index (χ0) is 14.3. The van der Waals surface area contributed by atoms with Gasteiger partial charge in [0.25, 0.3) is 5.78 Å². The first-order chi connectivity index (χ1) is 9.47. The van der Waals surface area contributed by atoms with E-state index in [9.17, 15) is 4.79 Å². The minimum atomic E-state index is -0.955. The molecule has 0 unspecified atom stereocenters. The highest BCUT2D eigenvalue weighted by atomic mass is 16.5. The molecule has 2 aromatic heterocycles. The molecule has 0 atom stereocenters. The number of aromatic nitrogens is 4. The minimum absolute atomic E-state index is 0.279. The standard InChI is InChI=1S/C12H15N5O3/c1-8-3-9(17-11(15-8)13-7-14-17)16-5-12(2,6-16)20-4-10(18)19/h3,7H,4-6H2,1-2H3,(H,18,19). The van der Waals surface area contributed by atoms with E-state index in [1.807, 2.05) is 19.9 Å². The summed E-state index contributed by atoms with van der Waals surface area (Å²) in [7, 11) is 0. The van der Waals surface area contributed by atoms with E-state index >= 15 is 0 Å². The molecule has 0 bridgehead atoms. The highest BCUT2D eigenvalue weighted by molar-refractivity contribution is 5.68. The van der Waals surface area contributed by atoms with Crippen molar-refractivity contribution in [1.29, 1.82) is 0 Å². The van der Waals surface area contributed by atoms with Crippen LogP contribution in [-0.4, -0.2) is 56.0 Å². The molecule has 0 aromatic carbocycles. The quantitative estimate of drug-likeness (QED) is 0.848. The topological polar surface area (TPSA) is 92.8 Å². The first-order valence-corrected chi connectivity index (χ1v) is 6.25. The maximum atomic E-state index is 10.6. The lowest BCUT2D eigenvalue weighted by Gasteiger charge is -2.48. The van der Waals surface area contributed by atoms with Gasteiger partial charge in [0.15, 0.2) is 0 Å². The van der Waals surface area contributed by atoms with Gasteiger partial charge in [0.1, 0.15) is 24.4 Å². The first kappa shape index (κ1) is 12.8. The van der Waals surface area contributed by atoms with E-state index in [1.165, 1.54) is 6.33 Å². The molecule has 0 saturated carbocycles. The second-order valence-corrected chi connectivity index (χ2v) is 5.22. The molecule has 8 nitrogen and oxygen atoms in total. The Kier molecular flexibility index (Phi) is 2.82. The van der Waals surface area contributed by atoms with Crippen LogP contribution in [0.5, 0.6) is 0 Å². The molecule has 8 heteroatoms. The number of rotatable bonds is 4. The van der Waals surface area contributed by atoms with Gasteiger partial charge in [-0.3, -0.25) is 0 Å². The van der Waals surface area contributed by atoms with Crippen LogP contribution in [0.15, 0.2) is 12.4 Å². The number of anilines is 1. The van der Waals surface area contributed by atoms with Crippen molar-refractivity contribution in [2.75, 3.05) is 24.6 Å². The van der Waals surface area contributed by atoms with E-state index in [2.05, 4.69) is 20.0 Å². The van der Waals surface area contributed by atoms with Crippen molar-refractivity contribution in [3.63, 3.8) is 0 Å². The minimum Gasteiger partial charge on any atom is -0.480 e. The van der Waals surface area contributed by atoms with E-state index in [4.69, 9.17) is 9.84 Å². The summed E-state index contributed by atoms with van der Waals surface area (Å²) in [6.45, 7) is 4.74. The summed E-state index contributed by atoms with van der Waals surface area (Å²) in [4.78, 5) is 21.0. The van der Waals surface area contributed by atoms with Gasteiger partial charge in [-0.25, -0.2) is 9.78 Å². The van der Waals surface area contributed by atoms with Gasteiger partial charge in [-0.1, -0.05) is 0 Å². The Labute approximate surface area is 115 Å². The second-order valence-electron chi connectivity index (χ2n) is 5.22. The number of ether oxygens (including phenoxy) is 1. The summed E-state index contributed by atoms with van der Waals surface area (Å²) in [5.74, 6) is 0.490. The highest BCUT2D eigenvalue weighted by Crippen LogP contribution is 2.30. The average Bonchev–Trinajstić information content (AvgIpc) is 2.80. The van der Waals surface area contributed by atoms with Crippen LogP contribution >= 0.6 is 0 Å². The van der Waals surface area contributed by atoms with Crippen LogP contribution in [0.25, 0.3) is 5.78 Å². The summed E-state index contributed by atoms with van der Waals surface area (Å²) in [6, 6.07) is 1.93. The van der Waals surface area contributed by atoms with Gasteiger partial charge in [-0.05, 0) is 13.8 Å². The van der Waals surface area contributed by atoms with Crippen molar-refractivity contribution >= 4 is 17.6 Å². The molecule has 3 heterocycles. The highest BCUT2D eigenvalue weighted by Gasteiger charge is 2.41. The van der Waals surface area contributed by atoms with Crippen LogP contribution in [0.1, 0.15) is 12.6 Å². The van der Waals surface area contributed by atoms with Crippen LogP contribution in [0, 0.1) is 6.92 Å². The third-order valence-electron chi connectivity index (χ3n) is 3.28. The molecule has 1 saturated heterocycles. The van der Waals surface area contributed by atoms with Crippen LogP contribution in [0.4, 0.5) is 5.82 Å². The first-order valence-electron chi connectivity index (χ1n) is 6.25. The smallest absolute Gasteiger partial charge is 0.329 e. The maximum absolute atomic E-state index is 10.6. The van der Waals surface area contributed by atoms with Crippen molar-refractivity contribution in [1.82, 2.24) is 19.6 Å². The fraction of sp³-hybridized carbons (Fsp3) is 0.500. The van der Waals surface area contributed by atoms with Crippen molar-refractivity contribution in [3.8, 4) is 0 Å². The van der Waals surface area contributed by atoms with E-state index in [-0.39, 0.29) is 6.61 Å². The maximum Gasteiger partial charge on any atom is 0.329 e. The monoisotopic (exact) mass is 277 g/mol. The number of aliphatic carboxylic acids is 1. The zero-order valence-corrected chi connectivity index (χ0v) is 11.3. The molecular formula is C12H15N5O3. The Morgan fingerprint density at radius 2 is 2.30 bits per heavy atom. The summed E-state index contributed by atoms with van der Waals surface area (Å²) < 4.78 is 7.07. The fourth-order valence-electron chi connectivity index (χ4n) is 2.39. The van der Waals surface area contributed by atoms with Gasteiger partial charge in [0.2, 0.25) is 0 Å². The van der Waals surface area contributed by atoms with Crippen molar-refractivity contribution in [2.24, 2.45) is 0 Å². The van der Waals surface area contributed by atoms with Crippen molar-refractivity contribution < 1.29 is 14.6 Å².